The Balaban J connectivity index is 2.36. The van der Waals surface area contributed by atoms with E-state index in [1.807, 2.05) is 0 Å². The van der Waals surface area contributed by atoms with E-state index in [0.717, 1.165) is 5.56 Å². The molecule has 14 heavy (non-hydrogen) atoms. The zero-order valence-corrected chi connectivity index (χ0v) is 7.71. The number of rotatable bonds is 1. The molecule has 1 aliphatic rings. The van der Waals surface area contributed by atoms with Crippen LogP contribution in [0.5, 0.6) is 0 Å². The molecule has 0 bridgehead atoms. The maximum absolute atomic E-state index is 13.4. The fourth-order valence-corrected chi connectivity index (χ4v) is 1.60. The third-order valence-electron chi connectivity index (χ3n) is 2.27. The zero-order chi connectivity index (χ0) is 10.1. The number of ether oxygens (including phenoxy) is 1. The Hall–Kier alpha value is -1.58. The second-order valence-corrected chi connectivity index (χ2v) is 3.25. The molecule has 0 aromatic heterocycles. The molecule has 1 atom stereocenters. The normalized spacial score (nSPS) is 20.4. The molecule has 4 heteroatoms. The van der Waals surface area contributed by atoms with Gasteiger partial charge in [0.15, 0.2) is 0 Å². The summed E-state index contributed by atoms with van der Waals surface area (Å²) in [5, 5.41) is 2.49. The summed E-state index contributed by atoms with van der Waals surface area (Å²) in [5.41, 5.74) is 1.26. The molecule has 3 nitrogen and oxygen atoms in total. The first-order chi connectivity index (χ1) is 6.68. The molecular formula is C10H10FNO2. The Labute approximate surface area is 80.9 Å². The molecule has 0 radical (unpaired) electrons. The van der Waals surface area contributed by atoms with Crippen molar-refractivity contribution in [3.8, 4) is 0 Å². The van der Waals surface area contributed by atoms with Crippen LogP contribution in [0.25, 0.3) is 0 Å². The first kappa shape index (κ1) is 8.99. The van der Waals surface area contributed by atoms with E-state index in [-0.39, 0.29) is 5.82 Å². The van der Waals surface area contributed by atoms with Crippen LogP contribution in [0.4, 0.5) is 9.18 Å². The molecule has 0 saturated carbocycles. The second-order valence-electron chi connectivity index (χ2n) is 3.25. The monoisotopic (exact) mass is 195 g/mol. The highest BCUT2D eigenvalue weighted by Crippen LogP contribution is 2.26. The molecule has 1 heterocycles. The molecule has 0 spiro atoms. The number of carbonyl (C=O) groups excluding carboxylic acids is 1. The molecule has 1 fully saturated rings. The highest BCUT2D eigenvalue weighted by atomic mass is 19.1. The maximum Gasteiger partial charge on any atom is 0.407 e. The van der Waals surface area contributed by atoms with Crippen molar-refractivity contribution in [2.24, 2.45) is 0 Å². The molecule has 1 unspecified atom stereocenters. The minimum atomic E-state index is -0.497. The van der Waals surface area contributed by atoms with E-state index in [2.05, 4.69) is 5.32 Å². The maximum atomic E-state index is 13.4. The van der Waals surface area contributed by atoms with Gasteiger partial charge in [-0.1, -0.05) is 12.1 Å². The third-order valence-corrected chi connectivity index (χ3v) is 2.27. The van der Waals surface area contributed by atoms with Gasteiger partial charge in [-0.05, 0) is 18.6 Å². The quantitative estimate of drug-likeness (QED) is 0.743. The lowest BCUT2D eigenvalue weighted by Crippen LogP contribution is -2.13. The second kappa shape index (κ2) is 3.29. The molecule has 74 valence electrons. The number of benzene rings is 1. The van der Waals surface area contributed by atoms with Crippen LogP contribution in [0.1, 0.15) is 17.2 Å². The van der Waals surface area contributed by atoms with Gasteiger partial charge < -0.3 is 10.1 Å². The largest absolute Gasteiger partial charge is 0.439 e. The predicted octanol–water partition coefficient (Wildman–Crippen LogP) is 1.92. The van der Waals surface area contributed by atoms with E-state index in [0.29, 0.717) is 12.1 Å². The number of carbonyl (C=O) groups is 1. The molecule has 1 aromatic rings. The van der Waals surface area contributed by atoms with Crippen molar-refractivity contribution in [1.82, 2.24) is 5.32 Å². The van der Waals surface area contributed by atoms with E-state index >= 15 is 0 Å². The molecule has 1 N–H and O–H groups in total. The molecule has 1 aliphatic heterocycles. The summed E-state index contributed by atoms with van der Waals surface area (Å²) in [6, 6.07) is 4.80. The number of amides is 1. The van der Waals surface area contributed by atoms with Crippen LogP contribution in [0, 0.1) is 12.7 Å². The fraction of sp³-hybridized carbons (Fsp3) is 0.300. The lowest BCUT2D eigenvalue weighted by Gasteiger charge is -2.11. The van der Waals surface area contributed by atoms with Crippen molar-refractivity contribution in [2.45, 2.75) is 13.0 Å². The predicted molar refractivity (Wildman–Crippen MR) is 48.4 cm³/mol. The number of halogens is 1. The summed E-state index contributed by atoms with van der Waals surface area (Å²) in [4.78, 5) is 10.8. The van der Waals surface area contributed by atoms with E-state index in [9.17, 15) is 9.18 Å². The zero-order valence-electron chi connectivity index (χ0n) is 7.71. The number of hydrogen-bond donors (Lipinski definition) is 1. The molecule has 1 amide bonds. The Kier molecular flexibility index (Phi) is 2.11. The fourth-order valence-electron chi connectivity index (χ4n) is 1.60. The smallest absolute Gasteiger partial charge is 0.407 e. The summed E-state index contributed by atoms with van der Waals surface area (Å²) in [5.74, 6) is -0.327. The van der Waals surface area contributed by atoms with E-state index < -0.39 is 12.2 Å². The summed E-state index contributed by atoms with van der Waals surface area (Å²) in [6.45, 7) is 2.13. The molecule has 0 aliphatic carbocycles. The first-order valence-electron chi connectivity index (χ1n) is 4.38. The summed E-state index contributed by atoms with van der Waals surface area (Å²) < 4.78 is 18.3. The number of alkyl carbamates (subject to hydrolysis) is 1. The number of aryl methyl sites for hydroxylation is 1. The van der Waals surface area contributed by atoms with Crippen molar-refractivity contribution in [3.05, 3.63) is 35.1 Å². The SMILES string of the molecule is Cc1cccc(F)c1C1CNC(=O)O1. The van der Waals surface area contributed by atoms with Crippen molar-refractivity contribution in [1.29, 1.82) is 0 Å². The standard InChI is InChI=1S/C10H10FNO2/c1-6-3-2-4-7(11)9(6)8-5-12-10(13)14-8/h2-4,8H,5H2,1H3,(H,12,13). The van der Waals surface area contributed by atoms with Gasteiger partial charge in [0.05, 0.1) is 6.54 Å². The number of cyclic esters (lactones) is 1. The van der Waals surface area contributed by atoms with Gasteiger partial charge in [0.25, 0.3) is 0 Å². The summed E-state index contributed by atoms with van der Waals surface area (Å²) >= 11 is 0. The van der Waals surface area contributed by atoms with Crippen molar-refractivity contribution >= 4 is 6.09 Å². The van der Waals surface area contributed by atoms with Gasteiger partial charge in [-0.15, -0.1) is 0 Å². The topological polar surface area (TPSA) is 38.3 Å². The van der Waals surface area contributed by atoms with Crippen LogP contribution in [0.2, 0.25) is 0 Å². The van der Waals surface area contributed by atoms with Gasteiger partial charge >= 0.3 is 6.09 Å². The number of hydrogen-bond acceptors (Lipinski definition) is 2. The van der Waals surface area contributed by atoms with E-state index in [1.165, 1.54) is 6.07 Å². The molecule has 2 rings (SSSR count). The third kappa shape index (κ3) is 1.43. The molecule has 1 aromatic carbocycles. The van der Waals surface area contributed by atoms with Crippen LogP contribution < -0.4 is 5.32 Å². The van der Waals surface area contributed by atoms with Crippen LogP contribution in [-0.4, -0.2) is 12.6 Å². The average Bonchev–Trinajstić information content (AvgIpc) is 2.51. The van der Waals surface area contributed by atoms with Crippen molar-refractivity contribution in [3.63, 3.8) is 0 Å². The summed E-state index contributed by atoms with van der Waals surface area (Å²) in [6.07, 6.45) is -0.985. The minimum Gasteiger partial charge on any atom is -0.439 e. The van der Waals surface area contributed by atoms with E-state index in [4.69, 9.17) is 4.74 Å². The van der Waals surface area contributed by atoms with Crippen LogP contribution in [-0.2, 0) is 4.74 Å². The Morgan fingerprint density at radius 3 is 2.93 bits per heavy atom. The van der Waals surface area contributed by atoms with E-state index in [1.54, 1.807) is 19.1 Å². The highest BCUT2D eigenvalue weighted by Gasteiger charge is 2.27. The number of nitrogens with one attached hydrogen (secondary N) is 1. The summed E-state index contributed by atoms with van der Waals surface area (Å²) in [7, 11) is 0. The van der Waals surface area contributed by atoms with Gasteiger partial charge in [-0.25, -0.2) is 9.18 Å². The Morgan fingerprint density at radius 2 is 2.36 bits per heavy atom. The Morgan fingerprint density at radius 1 is 1.57 bits per heavy atom. The van der Waals surface area contributed by atoms with Crippen molar-refractivity contribution in [2.75, 3.05) is 6.54 Å². The van der Waals surface area contributed by atoms with Crippen LogP contribution >= 0.6 is 0 Å². The van der Waals surface area contributed by atoms with Gasteiger partial charge in [0, 0.05) is 5.56 Å². The van der Waals surface area contributed by atoms with Crippen LogP contribution in [0.15, 0.2) is 18.2 Å². The molecule has 1 saturated heterocycles. The van der Waals surface area contributed by atoms with Gasteiger partial charge in [0.1, 0.15) is 11.9 Å². The molecular weight excluding hydrogens is 185 g/mol. The first-order valence-corrected chi connectivity index (χ1v) is 4.38. The van der Waals surface area contributed by atoms with Gasteiger partial charge in [-0.2, -0.15) is 0 Å². The lowest BCUT2D eigenvalue weighted by molar-refractivity contribution is 0.139. The highest BCUT2D eigenvalue weighted by molar-refractivity contribution is 5.69. The van der Waals surface area contributed by atoms with Crippen LogP contribution in [0.3, 0.4) is 0 Å². The lowest BCUT2D eigenvalue weighted by atomic mass is 10.0. The van der Waals surface area contributed by atoms with Crippen molar-refractivity contribution < 1.29 is 13.9 Å². The minimum absolute atomic E-state index is 0.327. The van der Waals surface area contributed by atoms with Gasteiger partial charge in [0.2, 0.25) is 0 Å². The average molecular weight is 195 g/mol. The van der Waals surface area contributed by atoms with Gasteiger partial charge in [-0.3, -0.25) is 0 Å². The Bertz CT molecular complexity index is 358.